The van der Waals surface area contributed by atoms with Crippen LogP contribution in [0.2, 0.25) is 0 Å². The van der Waals surface area contributed by atoms with Gasteiger partial charge in [0, 0.05) is 12.5 Å². The van der Waals surface area contributed by atoms with E-state index in [-0.39, 0.29) is 5.97 Å². The van der Waals surface area contributed by atoms with Gasteiger partial charge in [-0.25, -0.2) is 9.78 Å². The lowest BCUT2D eigenvalue weighted by atomic mass is 10.0. The van der Waals surface area contributed by atoms with Crippen molar-refractivity contribution in [3.05, 3.63) is 15.6 Å². The molecule has 1 atom stereocenters. The van der Waals surface area contributed by atoms with Crippen molar-refractivity contribution < 1.29 is 9.53 Å². The average Bonchev–Trinajstić information content (AvgIpc) is 2.73. The van der Waals surface area contributed by atoms with Gasteiger partial charge in [0.25, 0.3) is 0 Å². The molecule has 1 aliphatic heterocycles. The van der Waals surface area contributed by atoms with Gasteiger partial charge in [0.2, 0.25) is 0 Å². The van der Waals surface area contributed by atoms with E-state index in [9.17, 15) is 4.79 Å². The number of ether oxygens (including phenoxy) is 1. The van der Waals surface area contributed by atoms with Crippen molar-refractivity contribution in [1.29, 1.82) is 0 Å². The molecule has 0 aromatic carbocycles. The zero-order valence-electron chi connectivity index (χ0n) is 10.3. The highest BCUT2D eigenvalue weighted by Gasteiger charge is 2.22. The van der Waals surface area contributed by atoms with E-state index in [4.69, 9.17) is 4.74 Å². The molecule has 0 saturated carbocycles. The standard InChI is InChI=1S/C12H18N2O2S/c1-3-16-12(15)10-8(2)14-11(17-10)9-5-4-6-13-7-9/h9,13H,3-7H2,1-2H3. The van der Waals surface area contributed by atoms with Crippen LogP contribution in [0.4, 0.5) is 0 Å². The molecule has 1 aromatic heterocycles. The molecule has 0 radical (unpaired) electrons. The summed E-state index contributed by atoms with van der Waals surface area (Å²) in [5, 5.41) is 4.43. The molecule has 17 heavy (non-hydrogen) atoms. The predicted octanol–water partition coefficient (Wildman–Crippen LogP) is 2.10. The maximum Gasteiger partial charge on any atom is 0.350 e. The van der Waals surface area contributed by atoms with Crippen LogP contribution in [0.25, 0.3) is 0 Å². The van der Waals surface area contributed by atoms with Gasteiger partial charge in [-0.2, -0.15) is 0 Å². The molecular weight excluding hydrogens is 236 g/mol. The molecule has 2 rings (SSSR count). The molecule has 1 saturated heterocycles. The molecule has 5 heteroatoms. The van der Waals surface area contributed by atoms with E-state index < -0.39 is 0 Å². The Hall–Kier alpha value is -0.940. The second kappa shape index (κ2) is 5.60. The summed E-state index contributed by atoms with van der Waals surface area (Å²) in [6, 6.07) is 0. The normalized spacial score (nSPS) is 20.2. The summed E-state index contributed by atoms with van der Waals surface area (Å²) in [4.78, 5) is 16.9. The highest BCUT2D eigenvalue weighted by molar-refractivity contribution is 7.13. The van der Waals surface area contributed by atoms with Gasteiger partial charge < -0.3 is 10.1 Å². The van der Waals surface area contributed by atoms with Gasteiger partial charge in [-0.15, -0.1) is 11.3 Å². The topological polar surface area (TPSA) is 51.2 Å². The molecule has 1 unspecified atom stereocenters. The number of esters is 1. The molecule has 0 bridgehead atoms. The number of thiazole rings is 1. The maximum atomic E-state index is 11.7. The largest absolute Gasteiger partial charge is 0.462 e. The van der Waals surface area contributed by atoms with Crippen LogP contribution in [-0.2, 0) is 4.74 Å². The molecule has 1 fully saturated rings. The highest BCUT2D eigenvalue weighted by Crippen LogP contribution is 2.29. The van der Waals surface area contributed by atoms with E-state index in [0.29, 0.717) is 17.4 Å². The SMILES string of the molecule is CCOC(=O)c1sc(C2CCCNC2)nc1C. The van der Waals surface area contributed by atoms with E-state index in [1.807, 2.05) is 13.8 Å². The number of piperidine rings is 1. The Kier molecular flexibility index (Phi) is 4.12. The van der Waals surface area contributed by atoms with Crippen LogP contribution >= 0.6 is 11.3 Å². The Morgan fingerprint density at radius 2 is 2.47 bits per heavy atom. The number of carbonyl (C=O) groups is 1. The van der Waals surface area contributed by atoms with Gasteiger partial charge in [-0.1, -0.05) is 0 Å². The van der Waals surface area contributed by atoms with Crippen molar-refractivity contribution in [2.75, 3.05) is 19.7 Å². The first-order valence-corrected chi connectivity index (χ1v) is 6.89. The fourth-order valence-electron chi connectivity index (χ4n) is 2.04. The van der Waals surface area contributed by atoms with Gasteiger partial charge in [0.15, 0.2) is 0 Å². The van der Waals surface area contributed by atoms with E-state index in [0.717, 1.165) is 30.2 Å². The third kappa shape index (κ3) is 2.84. The number of aryl methyl sites for hydroxylation is 1. The third-order valence-electron chi connectivity index (χ3n) is 2.92. The minimum absolute atomic E-state index is 0.238. The minimum Gasteiger partial charge on any atom is -0.462 e. The van der Waals surface area contributed by atoms with Crippen molar-refractivity contribution in [1.82, 2.24) is 10.3 Å². The van der Waals surface area contributed by atoms with Crippen molar-refractivity contribution in [2.45, 2.75) is 32.6 Å². The molecule has 94 valence electrons. The lowest BCUT2D eigenvalue weighted by Crippen LogP contribution is -2.28. The molecule has 2 heterocycles. The summed E-state index contributed by atoms with van der Waals surface area (Å²) in [5.74, 6) is 0.216. The number of hydrogen-bond acceptors (Lipinski definition) is 5. The van der Waals surface area contributed by atoms with Crippen LogP contribution in [0, 0.1) is 6.92 Å². The first kappa shape index (κ1) is 12.5. The lowest BCUT2D eigenvalue weighted by molar-refractivity contribution is 0.0531. The van der Waals surface area contributed by atoms with Gasteiger partial charge >= 0.3 is 5.97 Å². The van der Waals surface area contributed by atoms with Crippen LogP contribution in [0.1, 0.15) is 46.1 Å². The highest BCUT2D eigenvalue weighted by atomic mass is 32.1. The molecule has 0 spiro atoms. The second-order valence-electron chi connectivity index (χ2n) is 4.23. The number of rotatable bonds is 3. The van der Waals surface area contributed by atoms with Crippen LogP contribution < -0.4 is 5.32 Å². The number of hydrogen-bond donors (Lipinski definition) is 1. The van der Waals surface area contributed by atoms with Crippen molar-refractivity contribution >= 4 is 17.3 Å². The summed E-state index contributed by atoms with van der Waals surface area (Å²) >= 11 is 1.49. The van der Waals surface area contributed by atoms with Crippen LogP contribution in [0.5, 0.6) is 0 Å². The molecule has 1 N–H and O–H groups in total. The number of nitrogens with one attached hydrogen (secondary N) is 1. The second-order valence-corrected chi connectivity index (χ2v) is 5.26. The Morgan fingerprint density at radius 3 is 3.12 bits per heavy atom. The maximum absolute atomic E-state index is 11.7. The van der Waals surface area contributed by atoms with E-state index in [1.54, 1.807) is 0 Å². The van der Waals surface area contributed by atoms with Crippen LogP contribution in [0.3, 0.4) is 0 Å². The van der Waals surface area contributed by atoms with Gasteiger partial charge in [0.05, 0.1) is 17.3 Å². The molecule has 1 aliphatic rings. The molecule has 0 aliphatic carbocycles. The van der Waals surface area contributed by atoms with Crippen molar-refractivity contribution in [3.63, 3.8) is 0 Å². The minimum atomic E-state index is -0.238. The van der Waals surface area contributed by atoms with Crippen molar-refractivity contribution in [2.24, 2.45) is 0 Å². The fraction of sp³-hybridized carbons (Fsp3) is 0.667. The predicted molar refractivity (Wildman–Crippen MR) is 67.7 cm³/mol. The quantitative estimate of drug-likeness (QED) is 0.839. The van der Waals surface area contributed by atoms with Crippen LogP contribution in [-0.4, -0.2) is 30.6 Å². The first-order valence-electron chi connectivity index (χ1n) is 6.07. The smallest absolute Gasteiger partial charge is 0.350 e. The fourth-order valence-corrected chi connectivity index (χ4v) is 3.14. The van der Waals surface area contributed by atoms with E-state index >= 15 is 0 Å². The Bertz CT molecular complexity index is 397. The molecular formula is C12H18N2O2S. The summed E-state index contributed by atoms with van der Waals surface area (Å²) in [6.45, 7) is 6.17. The Morgan fingerprint density at radius 1 is 1.65 bits per heavy atom. The molecule has 1 aromatic rings. The summed E-state index contributed by atoms with van der Waals surface area (Å²) < 4.78 is 5.03. The number of carbonyl (C=O) groups excluding carboxylic acids is 1. The average molecular weight is 254 g/mol. The third-order valence-corrected chi connectivity index (χ3v) is 4.22. The van der Waals surface area contributed by atoms with Crippen LogP contribution in [0.15, 0.2) is 0 Å². The monoisotopic (exact) mass is 254 g/mol. The Balaban J connectivity index is 2.14. The molecule has 4 nitrogen and oxygen atoms in total. The summed E-state index contributed by atoms with van der Waals surface area (Å²) in [7, 11) is 0. The summed E-state index contributed by atoms with van der Waals surface area (Å²) in [6.07, 6.45) is 2.33. The summed E-state index contributed by atoms with van der Waals surface area (Å²) in [5.41, 5.74) is 0.800. The zero-order chi connectivity index (χ0) is 12.3. The number of nitrogens with zero attached hydrogens (tertiary/aromatic N) is 1. The van der Waals surface area contributed by atoms with Gasteiger partial charge in [-0.3, -0.25) is 0 Å². The van der Waals surface area contributed by atoms with Gasteiger partial charge in [0.1, 0.15) is 4.88 Å². The number of aromatic nitrogens is 1. The van der Waals surface area contributed by atoms with E-state index in [1.165, 1.54) is 17.8 Å². The zero-order valence-corrected chi connectivity index (χ0v) is 11.1. The first-order chi connectivity index (χ1) is 8.22. The van der Waals surface area contributed by atoms with Gasteiger partial charge in [-0.05, 0) is 33.2 Å². The molecule has 0 amide bonds. The van der Waals surface area contributed by atoms with E-state index in [2.05, 4.69) is 10.3 Å². The Labute approximate surface area is 105 Å². The lowest BCUT2D eigenvalue weighted by Gasteiger charge is -2.20. The van der Waals surface area contributed by atoms with Crippen molar-refractivity contribution in [3.8, 4) is 0 Å².